The molecular weight excluding hydrogens is 268 g/mol. The summed E-state index contributed by atoms with van der Waals surface area (Å²) in [5.41, 5.74) is 0. The van der Waals surface area contributed by atoms with E-state index in [1.54, 1.807) is 11.3 Å². The number of rotatable bonds is 3. The molecular formula is C16H20N2OS. The molecule has 2 unspecified atom stereocenters. The van der Waals surface area contributed by atoms with Gasteiger partial charge in [-0.3, -0.25) is 4.79 Å². The second kappa shape index (κ2) is 5.94. The maximum atomic E-state index is 12.3. The van der Waals surface area contributed by atoms with Gasteiger partial charge in [-0.15, -0.1) is 11.3 Å². The summed E-state index contributed by atoms with van der Waals surface area (Å²) in [6.07, 6.45) is 2.40. The zero-order valence-electron chi connectivity index (χ0n) is 11.7. The van der Waals surface area contributed by atoms with Crippen LogP contribution in [0.25, 0.3) is 10.1 Å². The van der Waals surface area contributed by atoms with Crippen molar-refractivity contribution in [2.45, 2.75) is 25.8 Å². The zero-order valence-corrected chi connectivity index (χ0v) is 12.5. The Kier molecular flexibility index (Phi) is 4.03. The van der Waals surface area contributed by atoms with Crippen LogP contribution >= 0.6 is 11.3 Å². The molecule has 4 heteroatoms. The van der Waals surface area contributed by atoms with Gasteiger partial charge in [-0.1, -0.05) is 18.2 Å². The van der Waals surface area contributed by atoms with Gasteiger partial charge in [0.15, 0.2) is 0 Å². The van der Waals surface area contributed by atoms with Gasteiger partial charge in [0.1, 0.15) is 0 Å². The van der Waals surface area contributed by atoms with Crippen LogP contribution in [0.4, 0.5) is 0 Å². The molecule has 1 aromatic carbocycles. The van der Waals surface area contributed by atoms with Gasteiger partial charge in [-0.25, -0.2) is 0 Å². The molecule has 0 bridgehead atoms. The minimum Gasteiger partial charge on any atom is -0.349 e. The second-order valence-electron chi connectivity index (χ2n) is 5.52. The van der Waals surface area contributed by atoms with Crippen molar-refractivity contribution in [3.8, 4) is 0 Å². The number of hydrogen-bond acceptors (Lipinski definition) is 3. The van der Waals surface area contributed by atoms with E-state index >= 15 is 0 Å². The van der Waals surface area contributed by atoms with E-state index in [4.69, 9.17) is 0 Å². The second-order valence-corrected chi connectivity index (χ2v) is 6.60. The highest BCUT2D eigenvalue weighted by molar-refractivity contribution is 7.20. The van der Waals surface area contributed by atoms with Crippen molar-refractivity contribution in [3.05, 3.63) is 35.2 Å². The van der Waals surface area contributed by atoms with Crippen LogP contribution in [0, 0.1) is 5.92 Å². The molecule has 0 spiro atoms. The van der Waals surface area contributed by atoms with E-state index in [2.05, 4.69) is 29.7 Å². The van der Waals surface area contributed by atoms with E-state index in [0.717, 1.165) is 23.4 Å². The van der Waals surface area contributed by atoms with Crippen molar-refractivity contribution in [3.63, 3.8) is 0 Å². The van der Waals surface area contributed by atoms with Gasteiger partial charge >= 0.3 is 0 Å². The average Bonchev–Trinajstić information content (AvgIpc) is 2.92. The number of nitrogens with one attached hydrogen (secondary N) is 2. The molecule has 0 radical (unpaired) electrons. The Hall–Kier alpha value is -1.39. The van der Waals surface area contributed by atoms with Crippen molar-refractivity contribution in [2.75, 3.05) is 13.1 Å². The van der Waals surface area contributed by atoms with Gasteiger partial charge in [0.2, 0.25) is 0 Å². The number of carbonyl (C=O) groups is 1. The molecule has 106 valence electrons. The molecule has 2 atom stereocenters. The summed E-state index contributed by atoms with van der Waals surface area (Å²) in [5.74, 6) is 0.603. The fourth-order valence-corrected chi connectivity index (χ4v) is 3.76. The Labute approximate surface area is 123 Å². The highest BCUT2D eigenvalue weighted by atomic mass is 32.1. The fraction of sp³-hybridized carbons (Fsp3) is 0.438. The number of amides is 1. The first-order valence-electron chi connectivity index (χ1n) is 7.24. The standard InChI is InChI=1S/C16H20N2OS/c1-11(13-6-4-8-17-10-13)18-16(19)15-9-12-5-2-3-7-14(12)20-15/h2-3,5,7,9,11,13,17H,4,6,8,10H2,1H3,(H,18,19). The molecule has 3 rings (SSSR count). The van der Waals surface area contributed by atoms with Crippen LogP contribution in [-0.2, 0) is 0 Å². The maximum absolute atomic E-state index is 12.3. The molecule has 2 aromatic rings. The lowest BCUT2D eigenvalue weighted by molar-refractivity contribution is 0.0926. The van der Waals surface area contributed by atoms with Crippen LogP contribution in [0.1, 0.15) is 29.4 Å². The molecule has 1 amide bonds. The predicted molar refractivity (Wildman–Crippen MR) is 84.3 cm³/mol. The van der Waals surface area contributed by atoms with E-state index in [0.29, 0.717) is 5.92 Å². The van der Waals surface area contributed by atoms with Crippen molar-refractivity contribution in [2.24, 2.45) is 5.92 Å². The summed E-state index contributed by atoms with van der Waals surface area (Å²) >= 11 is 1.57. The molecule has 1 fully saturated rings. The Morgan fingerprint density at radius 3 is 3.05 bits per heavy atom. The van der Waals surface area contributed by atoms with Crippen LogP contribution in [-0.4, -0.2) is 25.0 Å². The van der Waals surface area contributed by atoms with Crippen molar-refractivity contribution in [1.29, 1.82) is 0 Å². The number of piperidine rings is 1. The molecule has 1 saturated heterocycles. The Morgan fingerprint density at radius 1 is 1.45 bits per heavy atom. The third-order valence-corrected chi connectivity index (χ3v) is 5.17. The van der Waals surface area contributed by atoms with Crippen LogP contribution in [0.5, 0.6) is 0 Å². The van der Waals surface area contributed by atoms with Gasteiger partial charge in [0, 0.05) is 10.7 Å². The normalized spacial score (nSPS) is 20.8. The van der Waals surface area contributed by atoms with E-state index in [9.17, 15) is 4.79 Å². The zero-order chi connectivity index (χ0) is 13.9. The highest BCUT2D eigenvalue weighted by Crippen LogP contribution is 2.25. The molecule has 0 aliphatic carbocycles. The molecule has 3 nitrogen and oxygen atoms in total. The van der Waals surface area contributed by atoms with Crippen LogP contribution < -0.4 is 10.6 Å². The SMILES string of the molecule is CC(NC(=O)c1cc2ccccc2s1)C1CCCNC1. The first-order valence-corrected chi connectivity index (χ1v) is 8.06. The van der Waals surface area contributed by atoms with Gasteiger partial charge in [-0.2, -0.15) is 0 Å². The number of hydrogen-bond donors (Lipinski definition) is 2. The summed E-state index contributed by atoms with van der Waals surface area (Å²) in [7, 11) is 0. The number of fused-ring (bicyclic) bond motifs is 1. The van der Waals surface area contributed by atoms with Gasteiger partial charge < -0.3 is 10.6 Å². The van der Waals surface area contributed by atoms with Crippen molar-refractivity contribution >= 4 is 27.3 Å². The molecule has 1 aliphatic heterocycles. The summed E-state index contributed by atoms with van der Waals surface area (Å²) in [5, 5.41) is 7.71. The van der Waals surface area contributed by atoms with Crippen molar-refractivity contribution in [1.82, 2.24) is 10.6 Å². The summed E-state index contributed by atoms with van der Waals surface area (Å²) in [6, 6.07) is 10.3. The molecule has 2 heterocycles. The molecule has 20 heavy (non-hydrogen) atoms. The molecule has 0 saturated carbocycles. The number of thiophene rings is 1. The van der Waals surface area contributed by atoms with E-state index in [1.165, 1.54) is 17.5 Å². The Balaban J connectivity index is 1.68. The third-order valence-electron chi connectivity index (χ3n) is 4.05. The average molecular weight is 288 g/mol. The lowest BCUT2D eigenvalue weighted by atomic mass is 9.93. The fourth-order valence-electron chi connectivity index (χ4n) is 2.80. The van der Waals surface area contributed by atoms with Crippen LogP contribution in [0.15, 0.2) is 30.3 Å². The van der Waals surface area contributed by atoms with Crippen molar-refractivity contribution < 1.29 is 4.79 Å². The molecule has 1 aromatic heterocycles. The Bertz CT molecular complexity index is 568. The van der Waals surface area contributed by atoms with Gasteiger partial charge in [0.25, 0.3) is 5.91 Å². The van der Waals surface area contributed by atoms with Gasteiger partial charge in [0.05, 0.1) is 4.88 Å². The number of benzene rings is 1. The lowest BCUT2D eigenvalue weighted by Gasteiger charge is -2.28. The predicted octanol–water partition coefficient (Wildman–Crippen LogP) is 3.02. The smallest absolute Gasteiger partial charge is 0.261 e. The van der Waals surface area contributed by atoms with Crippen LogP contribution in [0.3, 0.4) is 0 Å². The van der Waals surface area contributed by atoms with Crippen LogP contribution in [0.2, 0.25) is 0 Å². The largest absolute Gasteiger partial charge is 0.349 e. The topological polar surface area (TPSA) is 41.1 Å². The summed E-state index contributed by atoms with van der Waals surface area (Å²) in [6.45, 7) is 4.23. The summed E-state index contributed by atoms with van der Waals surface area (Å²) in [4.78, 5) is 13.2. The number of carbonyl (C=O) groups excluding carboxylic acids is 1. The highest BCUT2D eigenvalue weighted by Gasteiger charge is 2.22. The quantitative estimate of drug-likeness (QED) is 0.911. The Morgan fingerprint density at radius 2 is 2.30 bits per heavy atom. The van der Waals surface area contributed by atoms with Gasteiger partial charge in [-0.05, 0) is 56.3 Å². The molecule has 2 N–H and O–H groups in total. The third kappa shape index (κ3) is 2.86. The minimum absolute atomic E-state index is 0.0595. The first kappa shape index (κ1) is 13.6. The molecule has 1 aliphatic rings. The first-order chi connectivity index (χ1) is 9.74. The summed E-state index contributed by atoms with van der Waals surface area (Å²) < 4.78 is 1.17. The monoisotopic (exact) mass is 288 g/mol. The maximum Gasteiger partial charge on any atom is 0.261 e. The van der Waals surface area contributed by atoms with E-state index in [-0.39, 0.29) is 11.9 Å². The van der Waals surface area contributed by atoms with E-state index in [1.807, 2.05) is 18.2 Å². The minimum atomic E-state index is 0.0595. The lowest BCUT2D eigenvalue weighted by Crippen LogP contribution is -2.44. The van der Waals surface area contributed by atoms with E-state index < -0.39 is 0 Å².